The number of nitrogens with zero attached hydrogens (tertiary/aromatic N) is 3. The molecule has 0 radical (unpaired) electrons. The largest absolute Gasteiger partial charge is 0.354 e. The molecule has 1 aromatic carbocycles. The van der Waals surface area contributed by atoms with Gasteiger partial charge in [0.15, 0.2) is 0 Å². The van der Waals surface area contributed by atoms with Crippen molar-refractivity contribution in [3.63, 3.8) is 0 Å². The normalized spacial score (nSPS) is 12.1. The molecule has 118 valence electrons. The van der Waals surface area contributed by atoms with Crippen LogP contribution in [0.1, 0.15) is 34.6 Å². The maximum atomic E-state index is 12.5. The fourth-order valence-electron chi connectivity index (χ4n) is 2.67. The Labute approximate surface area is 135 Å². The van der Waals surface area contributed by atoms with Crippen molar-refractivity contribution in [1.29, 1.82) is 0 Å². The number of amides is 1. The van der Waals surface area contributed by atoms with Crippen LogP contribution in [0.15, 0.2) is 55.0 Å². The van der Waals surface area contributed by atoms with Gasteiger partial charge in [-0.3, -0.25) is 4.79 Å². The predicted molar refractivity (Wildman–Crippen MR) is 89.6 cm³/mol. The molecule has 1 atom stereocenters. The highest BCUT2D eigenvalue weighted by molar-refractivity contribution is 5.95. The van der Waals surface area contributed by atoms with E-state index in [1.54, 1.807) is 6.20 Å². The summed E-state index contributed by atoms with van der Waals surface area (Å²) in [5.74, 6) is -0.0640. The first kappa shape index (κ1) is 15.1. The van der Waals surface area contributed by atoms with E-state index >= 15 is 0 Å². The van der Waals surface area contributed by atoms with Gasteiger partial charge in [0.2, 0.25) is 0 Å². The molecule has 0 saturated heterocycles. The van der Waals surface area contributed by atoms with Crippen LogP contribution in [-0.4, -0.2) is 20.3 Å². The van der Waals surface area contributed by atoms with Crippen molar-refractivity contribution < 1.29 is 4.79 Å². The van der Waals surface area contributed by atoms with Gasteiger partial charge in [-0.1, -0.05) is 18.2 Å². The van der Waals surface area contributed by atoms with Crippen LogP contribution in [0.3, 0.4) is 0 Å². The van der Waals surface area contributed by atoms with Gasteiger partial charge in [0.25, 0.3) is 5.91 Å². The predicted octanol–water partition coefficient (Wildman–Crippen LogP) is 3.01. The maximum absolute atomic E-state index is 12.5. The number of carbonyl (C=O) groups is 1. The van der Waals surface area contributed by atoms with Gasteiger partial charge in [0.05, 0.1) is 17.3 Å². The fraction of sp³-hybridized carbons (Fsp3) is 0.222. The summed E-state index contributed by atoms with van der Waals surface area (Å²) in [5, 5.41) is 7.36. The Morgan fingerprint density at radius 2 is 1.96 bits per heavy atom. The maximum Gasteiger partial charge on any atom is 0.253 e. The number of rotatable bonds is 4. The smallest absolute Gasteiger partial charge is 0.253 e. The molecule has 5 heteroatoms. The van der Waals surface area contributed by atoms with Crippen molar-refractivity contribution in [2.24, 2.45) is 7.05 Å². The van der Waals surface area contributed by atoms with E-state index in [1.165, 1.54) is 0 Å². The number of para-hydroxylation sites is 1. The highest BCUT2D eigenvalue weighted by Crippen LogP contribution is 2.21. The summed E-state index contributed by atoms with van der Waals surface area (Å²) in [5.41, 5.74) is 3.65. The van der Waals surface area contributed by atoms with E-state index in [0.29, 0.717) is 5.56 Å². The van der Waals surface area contributed by atoms with Crippen molar-refractivity contribution in [2.75, 3.05) is 0 Å². The van der Waals surface area contributed by atoms with Crippen molar-refractivity contribution in [3.05, 3.63) is 71.8 Å². The lowest BCUT2D eigenvalue weighted by Crippen LogP contribution is -2.27. The minimum Gasteiger partial charge on any atom is -0.354 e. The Morgan fingerprint density at radius 1 is 1.17 bits per heavy atom. The van der Waals surface area contributed by atoms with Crippen molar-refractivity contribution in [2.45, 2.75) is 19.9 Å². The van der Waals surface area contributed by atoms with Crippen LogP contribution >= 0.6 is 0 Å². The van der Waals surface area contributed by atoms with E-state index in [1.807, 2.05) is 78.9 Å². The molecule has 0 unspecified atom stereocenters. The quantitative estimate of drug-likeness (QED) is 0.805. The van der Waals surface area contributed by atoms with Gasteiger partial charge in [0.1, 0.15) is 0 Å². The second-order valence-corrected chi connectivity index (χ2v) is 5.63. The monoisotopic (exact) mass is 308 g/mol. The van der Waals surface area contributed by atoms with Crippen LogP contribution in [0.25, 0.3) is 5.69 Å². The van der Waals surface area contributed by atoms with E-state index in [2.05, 4.69) is 10.4 Å². The number of aryl methyl sites for hydroxylation is 1. The minimum absolute atomic E-state index is 0.0640. The van der Waals surface area contributed by atoms with Crippen LogP contribution < -0.4 is 5.32 Å². The Kier molecular flexibility index (Phi) is 4.02. The van der Waals surface area contributed by atoms with Crippen molar-refractivity contribution in [1.82, 2.24) is 19.7 Å². The summed E-state index contributed by atoms with van der Waals surface area (Å²) in [7, 11) is 1.93. The van der Waals surface area contributed by atoms with Gasteiger partial charge in [-0.25, -0.2) is 4.68 Å². The Balaban J connectivity index is 1.86. The molecule has 3 aromatic rings. The van der Waals surface area contributed by atoms with Crippen LogP contribution in [0, 0.1) is 6.92 Å². The number of aromatic nitrogens is 3. The summed E-state index contributed by atoms with van der Waals surface area (Å²) in [6, 6.07) is 11.6. The second-order valence-electron chi connectivity index (χ2n) is 5.63. The molecule has 0 aliphatic rings. The van der Waals surface area contributed by atoms with E-state index in [0.717, 1.165) is 16.9 Å². The first-order chi connectivity index (χ1) is 11.1. The standard InChI is InChI=1S/C18H20N4O/c1-13(20-18(23)16-9-12-21(3)14(16)2)15-7-4-5-8-17(15)22-11-6-10-19-22/h4-13H,1-3H3,(H,20,23)/t13-/m0/s1. The summed E-state index contributed by atoms with van der Waals surface area (Å²) in [6.07, 6.45) is 5.54. The van der Waals surface area contributed by atoms with Gasteiger partial charge in [-0.15, -0.1) is 0 Å². The van der Waals surface area contributed by atoms with Crippen LogP contribution in [0.5, 0.6) is 0 Å². The van der Waals surface area contributed by atoms with Crippen molar-refractivity contribution in [3.8, 4) is 5.69 Å². The molecule has 0 bridgehead atoms. The van der Waals surface area contributed by atoms with Gasteiger partial charge in [-0.05, 0) is 37.6 Å². The number of benzene rings is 1. The topological polar surface area (TPSA) is 51.9 Å². The van der Waals surface area contributed by atoms with Crippen LogP contribution in [0.4, 0.5) is 0 Å². The van der Waals surface area contributed by atoms with Gasteiger partial charge in [-0.2, -0.15) is 5.10 Å². The van der Waals surface area contributed by atoms with E-state index in [4.69, 9.17) is 0 Å². The molecule has 0 aliphatic carbocycles. The molecule has 2 heterocycles. The third kappa shape index (κ3) is 2.90. The number of carbonyl (C=O) groups excluding carboxylic acids is 1. The Morgan fingerprint density at radius 3 is 2.61 bits per heavy atom. The number of hydrogen-bond donors (Lipinski definition) is 1. The molecule has 5 nitrogen and oxygen atoms in total. The summed E-state index contributed by atoms with van der Waals surface area (Å²) < 4.78 is 3.75. The lowest BCUT2D eigenvalue weighted by atomic mass is 10.1. The highest BCUT2D eigenvalue weighted by Gasteiger charge is 2.17. The fourth-order valence-corrected chi connectivity index (χ4v) is 2.67. The Bertz CT molecular complexity index is 817. The summed E-state index contributed by atoms with van der Waals surface area (Å²) >= 11 is 0. The van der Waals surface area contributed by atoms with Crippen LogP contribution in [0.2, 0.25) is 0 Å². The molecule has 23 heavy (non-hydrogen) atoms. The lowest BCUT2D eigenvalue weighted by molar-refractivity contribution is 0.0939. The van der Waals surface area contributed by atoms with Gasteiger partial charge >= 0.3 is 0 Å². The molecule has 1 N–H and O–H groups in total. The van der Waals surface area contributed by atoms with Crippen molar-refractivity contribution >= 4 is 5.91 Å². The summed E-state index contributed by atoms with van der Waals surface area (Å²) in [6.45, 7) is 3.93. The molecular formula is C18H20N4O. The first-order valence-corrected chi connectivity index (χ1v) is 7.59. The lowest BCUT2D eigenvalue weighted by Gasteiger charge is -2.18. The third-order valence-electron chi connectivity index (χ3n) is 4.13. The SMILES string of the molecule is Cc1c(C(=O)N[C@@H](C)c2ccccc2-n2cccn2)ccn1C. The Hall–Kier alpha value is -2.82. The molecule has 0 saturated carbocycles. The molecule has 1 amide bonds. The molecular weight excluding hydrogens is 288 g/mol. The molecule has 0 spiro atoms. The zero-order valence-corrected chi connectivity index (χ0v) is 13.5. The number of nitrogens with one attached hydrogen (secondary N) is 1. The average molecular weight is 308 g/mol. The average Bonchev–Trinajstić information content (AvgIpc) is 3.18. The molecule has 0 fully saturated rings. The second kappa shape index (κ2) is 6.12. The first-order valence-electron chi connectivity index (χ1n) is 7.59. The van der Waals surface area contributed by atoms with E-state index in [-0.39, 0.29) is 11.9 Å². The highest BCUT2D eigenvalue weighted by atomic mass is 16.1. The van der Waals surface area contributed by atoms with Gasteiger partial charge < -0.3 is 9.88 Å². The van der Waals surface area contributed by atoms with E-state index in [9.17, 15) is 4.79 Å². The zero-order chi connectivity index (χ0) is 16.4. The minimum atomic E-state index is -0.123. The molecule has 2 aromatic heterocycles. The molecule has 0 aliphatic heterocycles. The summed E-state index contributed by atoms with van der Waals surface area (Å²) in [4.78, 5) is 12.5. The van der Waals surface area contributed by atoms with E-state index < -0.39 is 0 Å². The van der Waals surface area contributed by atoms with Gasteiger partial charge in [0, 0.05) is 31.3 Å². The third-order valence-corrected chi connectivity index (χ3v) is 4.13. The molecule has 3 rings (SSSR count). The number of hydrogen-bond acceptors (Lipinski definition) is 2. The zero-order valence-electron chi connectivity index (χ0n) is 13.5. The van der Waals surface area contributed by atoms with Crippen LogP contribution in [-0.2, 0) is 7.05 Å².